The van der Waals surface area contributed by atoms with E-state index in [1.54, 1.807) is 11.0 Å². The van der Waals surface area contributed by atoms with Crippen molar-refractivity contribution < 1.29 is 22.8 Å². The summed E-state index contributed by atoms with van der Waals surface area (Å²) in [5, 5.41) is 0.590. The molecule has 2 aromatic carbocycles. The lowest BCUT2D eigenvalue weighted by atomic mass is 10.1. The standard InChI is InChI=1S/C19H15Cl2F3N2O2/c20-13-4-2-11(10-14(13)21)18(27)25-6-1-7-26(9-8-25)19(28)12-3-5-15(22)17(24)16(12)23/h2-5,10H,1,6-9H2. The summed E-state index contributed by atoms with van der Waals surface area (Å²) < 4.78 is 40.4. The van der Waals surface area contributed by atoms with E-state index in [0.717, 1.165) is 6.07 Å². The average Bonchev–Trinajstić information content (AvgIpc) is 2.93. The topological polar surface area (TPSA) is 40.6 Å². The first kappa shape index (κ1) is 20.5. The Morgan fingerprint density at radius 2 is 1.43 bits per heavy atom. The number of nitrogens with zero attached hydrogens (tertiary/aromatic N) is 2. The van der Waals surface area contributed by atoms with E-state index in [1.807, 2.05) is 0 Å². The van der Waals surface area contributed by atoms with Crippen molar-refractivity contribution in [1.82, 2.24) is 9.80 Å². The maximum absolute atomic E-state index is 13.9. The lowest BCUT2D eigenvalue weighted by Gasteiger charge is -2.22. The molecule has 0 N–H and O–H groups in total. The van der Waals surface area contributed by atoms with Gasteiger partial charge in [-0.1, -0.05) is 23.2 Å². The van der Waals surface area contributed by atoms with Crippen LogP contribution in [0.3, 0.4) is 0 Å². The molecule has 0 atom stereocenters. The molecule has 1 aliphatic heterocycles. The zero-order valence-corrected chi connectivity index (χ0v) is 16.0. The monoisotopic (exact) mass is 430 g/mol. The van der Waals surface area contributed by atoms with Gasteiger partial charge < -0.3 is 9.80 Å². The van der Waals surface area contributed by atoms with E-state index in [9.17, 15) is 22.8 Å². The van der Waals surface area contributed by atoms with Crippen molar-refractivity contribution in [1.29, 1.82) is 0 Å². The second kappa shape index (κ2) is 8.41. The van der Waals surface area contributed by atoms with Gasteiger partial charge in [-0.15, -0.1) is 0 Å². The maximum atomic E-state index is 13.9. The van der Waals surface area contributed by atoms with Gasteiger partial charge >= 0.3 is 0 Å². The van der Waals surface area contributed by atoms with Gasteiger partial charge in [0.1, 0.15) is 0 Å². The number of carbonyl (C=O) groups excluding carboxylic acids is 2. The molecule has 0 radical (unpaired) electrons. The van der Waals surface area contributed by atoms with Crippen LogP contribution in [-0.4, -0.2) is 47.8 Å². The van der Waals surface area contributed by atoms with Crippen molar-refractivity contribution in [2.24, 2.45) is 0 Å². The molecule has 0 unspecified atom stereocenters. The Labute approximate surface area is 169 Å². The Balaban J connectivity index is 1.72. The second-order valence-corrected chi connectivity index (χ2v) is 7.10. The summed E-state index contributed by atoms with van der Waals surface area (Å²) in [6.07, 6.45) is 0.449. The number of hydrogen-bond acceptors (Lipinski definition) is 2. The average molecular weight is 431 g/mol. The van der Waals surface area contributed by atoms with Gasteiger partial charge in [0, 0.05) is 31.7 Å². The molecule has 0 bridgehead atoms. The number of hydrogen-bond donors (Lipinski definition) is 0. The smallest absolute Gasteiger partial charge is 0.257 e. The Hall–Kier alpha value is -2.25. The molecule has 0 saturated carbocycles. The fourth-order valence-electron chi connectivity index (χ4n) is 3.00. The van der Waals surface area contributed by atoms with Crippen LogP contribution in [-0.2, 0) is 0 Å². The van der Waals surface area contributed by atoms with Crippen LogP contribution in [0.4, 0.5) is 13.2 Å². The third kappa shape index (κ3) is 4.10. The molecule has 1 aliphatic rings. The molecule has 0 aliphatic carbocycles. The summed E-state index contributed by atoms with van der Waals surface area (Å²) in [5.74, 6) is -5.58. The number of rotatable bonds is 2. The molecule has 28 heavy (non-hydrogen) atoms. The summed E-state index contributed by atoms with van der Waals surface area (Å²) in [6.45, 7) is 0.964. The molecule has 2 amide bonds. The van der Waals surface area contributed by atoms with Crippen molar-refractivity contribution in [2.75, 3.05) is 26.2 Å². The highest BCUT2D eigenvalue weighted by atomic mass is 35.5. The van der Waals surface area contributed by atoms with E-state index in [4.69, 9.17) is 23.2 Å². The summed E-state index contributed by atoms with van der Waals surface area (Å²) >= 11 is 11.8. The van der Waals surface area contributed by atoms with Crippen LogP contribution < -0.4 is 0 Å². The predicted octanol–water partition coefficient (Wildman–Crippen LogP) is 4.40. The fourth-order valence-corrected chi connectivity index (χ4v) is 3.29. The number of carbonyl (C=O) groups is 2. The van der Waals surface area contributed by atoms with Gasteiger partial charge in [0.25, 0.3) is 11.8 Å². The summed E-state index contributed by atoms with van der Waals surface area (Å²) in [6, 6.07) is 6.18. The van der Waals surface area contributed by atoms with Crippen molar-refractivity contribution in [2.45, 2.75) is 6.42 Å². The molecule has 1 saturated heterocycles. The van der Waals surface area contributed by atoms with E-state index in [2.05, 4.69) is 0 Å². The minimum Gasteiger partial charge on any atom is -0.337 e. The second-order valence-electron chi connectivity index (χ2n) is 6.29. The molecular weight excluding hydrogens is 416 g/mol. The molecule has 4 nitrogen and oxygen atoms in total. The van der Waals surface area contributed by atoms with Crippen molar-refractivity contribution >= 4 is 35.0 Å². The molecule has 9 heteroatoms. The quantitative estimate of drug-likeness (QED) is 0.662. The molecule has 1 fully saturated rings. The van der Waals surface area contributed by atoms with E-state index in [1.165, 1.54) is 17.0 Å². The third-order valence-electron chi connectivity index (χ3n) is 4.50. The van der Waals surface area contributed by atoms with Crippen LogP contribution in [0.15, 0.2) is 30.3 Å². The van der Waals surface area contributed by atoms with Crippen LogP contribution in [0.25, 0.3) is 0 Å². The highest BCUT2D eigenvalue weighted by Crippen LogP contribution is 2.24. The summed E-state index contributed by atoms with van der Waals surface area (Å²) in [5.41, 5.74) is -0.177. The van der Waals surface area contributed by atoms with E-state index < -0.39 is 28.9 Å². The molecule has 2 aromatic rings. The first-order valence-corrected chi connectivity index (χ1v) is 9.22. The van der Waals surface area contributed by atoms with Crippen LogP contribution >= 0.6 is 23.2 Å². The number of benzene rings is 2. The van der Waals surface area contributed by atoms with Crippen LogP contribution in [0.2, 0.25) is 10.0 Å². The van der Waals surface area contributed by atoms with E-state index in [-0.39, 0.29) is 30.6 Å². The van der Waals surface area contributed by atoms with Gasteiger partial charge in [-0.05, 0) is 36.8 Å². The van der Waals surface area contributed by atoms with Gasteiger partial charge in [-0.3, -0.25) is 9.59 Å². The van der Waals surface area contributed by atoms with Crippen molar-refractivity contribution in [3.05, 3.63) is 69.0 Å². The third-order valence-corrected chi connectivity index (χ3v) is 5.24. The lowest BCUT2D eigenvalue weighted by Crippen LogP contribution is -2.37. The lowest BCUT2D eigenvalue weighted by molar-refractivity contribution is 0.0715. The molecule has 148 valence electrons. The Morgan fingerprint density at radius 3 is 2.07 bits per heavy atom. The van der Waals surface area contributed by atoms with Gasteiger partial charge in [0.2, 0.25) is 0 Å². The summed E-state index contributed by atoms with van der Waals surface area (Å²) in [4.78, 5) is 28.1. The molecule has 0 spiro atoms. The van der Waals surface area contributed by atoms with Crippen LogP contribution in [0, 0.1) is 17.5 Å². The van der Waals surface area contributed by atoms with Crippen LogP contribution in [0.1, 0.15) is 27.1 Å². The fraction of sp³-hybridized carbons (Fsp3) is 0.263. The van der Waals surface area contributed by atoms with Gasteiger partial charge in [-0.2, -0.15) is 0 Å². The van der Waals surface area contributed by atoms with E-state index in [0.29, 0.717) is 29.6 Å². The highest BCUT2D eigenvalue weighted by Gasteiger charge is 2.27. The number of amides is 2. The first-order chi connectivity index (χ1) is 13.3. The number of halogens is 5. The van der Waals surface area contributed by atoms with Crippen molar-refractivity contribution in [3.8, 4) is 0 Å². The Bertz CT molecular complexity index is 940. The largest absolute Gasteiger partial charge is 0.337 e. The molecular formula is C19H15Cl2F3N2O2. The predicted molar refractivity (Wildman–Crippen MR) is 99.2 cm³/mol. The minimum absolute atomic E-state index is 0.129. The molecule has 0 aromatic heterocycles. The maximum Gasteiger partial charge on any atom is 0.257 e. The van der Waals surface area contributed by atoms with Gasteiger partial charge in [0.05, 0.1) is 15.6 Å². The summed E-state index contributed by atoms with van der Waals surface area (Å²) in [7, 11) is 0. The van der Waals surface area contributed by atoms with Crippen molar-refractivity contribution in [3.63, 3.8) is 0 Å². The zero-order chi connectivity index (χ0) is 20.4. The van der Waals surface area contributed by atoms with Crippen LogP contribution in [0.5, 0.6) is 0 Å². The van der Waals surface area contributed by atoms with E-state index >= 15 is 0 Å². The Kier molecular flexibility index (Phi) is 6.15. The highest BCUT2D eigenvalue weighted by molar-refractivity contribution is 6.42. The van der Waals surface area contributed by atoms with Gasteiger partial charge in [0.15, 0.2) is 17.5 Å². The SMILES string of the molecule is O=C(c1ccc(Cl)c(Cl)c1)N1CCCN(C(=O)c2ccc(F)c(F)c2F)CC1. The zero-order valence-electron chi connectivity index (χ0n) is 14.5. The minimum atomic E-state index is -1.68. The molecule has 3 rings (SSSR count). The first-order valence-electron chi connectivity index (χ1n) is 8.46. The van der Waals surface area contributed by atoms with Gasteiger partial charge in [-0.25, -0.2) is 13.2 Å². The Morgan fingerprint density at radius 1 is 0.786 bits per heavy atom. The molecule has 1 heterocycles. The normalized spacial score (nSPS) is 14.8.